The average molecular weight is 436 g/mol. The summed E-state index contributed by atoms with van der Waals surface area (Å²) in [5.41, 5.74) is 0.119. The fourth-order valence-electron chi connectivity index (χ4n) is 3.06. The summed E-state index contributed by atoms with van der Waals surface area (Å²) in [6.07, 6.45) is 1.88. The predicted molar refractivity (Wildman–Crippen MR) is 105 cm³/mol. The van der Waals surface area contributed by atoms with Crippen LogP contribution in [0.25, 0.3) is 10.8 Å². The Morgan fingerprint density at radius 3 is 2.72 bits per heavy atom. The molecule has 0 saturated carbocycles. The maximum Gasteiger partial charge on any atom is 0.311 e. The van der Waals surface area contributed by atoms with Gasteiger partial charge in [0.25, 0.3) is 15.9 Å². The summed E-state index contributed by atoms with van der Waals surface area (Å²) in [6.45, 7) is 2.95. The van der Waals surface area contributed by atoms with Gasteiger partial charge in [0.1, 0.15) is 10.7 Å². The molecule has 1 fully saturated rings. The molecule has 1 aliphatic rings. The van der Waals surface area contributed by atoms with Crippen molar-refractivity contribution in [2.45, 2.75) is 24.7 Å². The molecule has 0 bridgehead atoms. The number of benzene rings is 1. The summed E-state index contributed by atoms with van der Waals surface area (Å²) in [5.74, 6) is -0.910. The number of hydrogen-bond donors (Lipinski definition) is 1. The van der Waals surface area contributed by atoms with Crippen LogP contribution in [-0.4, -0.2) is 42.5 Å². The molecule has 1 aromatic carbocycles. The molecule has 4 rings (SSSR count). The SMILES string of the molecule is Cc1sc(-c2nnc(C(=O)N3CCCC3)o2)cc1S(=O)(=O)Nc1cccc(F)c1. The fourth-order valence-corrected chi connectivity index (χ4v) is 5.63. The zero-order valence-corrected chi connectivity index (χ0v) is 17.0. The molecule has 0 radical (unpaired) electrons. The number of thiophene rings is 1. The van der Waals surface area contributed by atoms with Gasteiger partial charge in [-0.25, -0.2) is 12.8 Å². The molecular weight excluding hydrogens is 419 g/mol. The molecule has 0 atom stereocenters. The number of nitrogens with zero attached hydrogens (tertiary/aromatic N) is 3. The summed E-state index contributed by atoms with van der Waals surface area (Å²) in [7, 11) is -3.94. The zero-order chi connectivity index (χ0) is 20.6. The molecule has 1 N–H and O–H groups in total. The molecule has 1 saturated heterocycles. The van der Waals surface area contributed by atoms with Crippen LogP contribution in [0.5, 0.6) is 0 Å². The summed E-state index contributed by atoms with van der Waals surface area (Å²) in [5, 5.41) is 7.70. The van der Waals surface area contributed by atoms with Gasteiger partial charge in [-0.2, -0.15) is 0 Å². The Balaban J connectivity index is 1.58. The number of carbonyl (C=O) groups excluding carboxylic acids is 1. The number of hydrogen-bond acceptors (Lipinski definition) is 7. The summed E-state index contributed by atoms with van der Waals surface area (Å²) < 4.78 is 46.6. The lowest BCUT2D eigenvalue weighted by Gasteiger charge is -2.11. The average Bonchev–Trinajstić information content (AvgIpc) is 3.41. The van der Waals surface area contributed by atoms with Crippen LogP contribution < -0.4 is 4.72 Å². The highest BCUT2D eigenvalue weighted by Crippen LogP contribution is 2.34. The van der Waals surface area contributed by atoms with E-state index in [0.29, 0.717) is 22.8 Å². The number of amides is 1. The van der Waals surface area contributed by atoms with Gasteiger partial charge >= 0.3 is 11.8 Å². The second-order valence-corrected chi connectivity index (χ2v) is 9.47. The number of rotatable bonds is 5. The first-order chi connectivity index (χ1) is 13.8. The van der Waals surface area contributed by atoms with E-state index in [-0.39, 0.29) is 28.3 Å². The van der Waals surface area contributed by atoms with Gasteiger partial charge in [0.05, 0.1) is 10.6 Å². The van der Waals surface area contributed by atoms with Crippen LogP contribution in [0.2, 0.25) is 0 Å². The molecule has 1 aliphatic heterocycles. The highest BCUT2D eigenvalue weighted by atomic mass is 32.2. The van der Waals surface area contributed by atoms with Crippen LogP contribution in [-0.2, 0) is 10.0 Å². The lowest BCUT2D eigenvalue weighted by Crippen LogP contribution is -2.27. The number of carbonyl (C=O) groups is 1. The third-order valence-corrected chi connectivity index (χ3v) is 7.13. The first kappa shape index (κ1) is 19.5. The van der Waals surface area contributed by atoms with Crippen molar-refractivity contribution in [3.63, 3.8) is 0 Å². The Morgan fingerprint density at radius 2 is 2.00 bits per heavy atom. The smallest absolute Gasteiger partial charge is 0.311 e. The molecular formula is C18H17FN4O4S2. The van der Waals surface area contributed by atoms with E-state index in [0.717, 1.165) is 30.2 Å². The van der Waals surface area contributed by atoms with Crippen molar-refractivity contribution in [2.75, 3.05) is 17.8 Å². The molecule has 3 aromatic rings. The van der Waals surface area contributed by atoms with E-state index >= 15 is 0 Å². The normalized spacial score (nSPS) is 14.3. The van der Waals surface area contributed by atoms with Crippen molar-refractivity contribution < 1.29 is 22.0 Å². The van der Waals surface area contributed by atoms with E-state index in [2.05, 4.69) is 14.9 Å². The van der Waals surface area contributed by atoms with E-state index in [1.54, 1.807) is 11.8 Å². The van der Waals surface area contributed by atoms with Crippen LogP contribution in [0, 0.1) is 12.7 Å². The van der Waals surface area contributed by atoms with Crippen molar-refractivity contribution in [3.8, 4) is 10.8 Å². The van der Waals surface area contributed by atoms with Gasteiger partial charge in [-0.05, 0) is 44.0 Å². The second kappa shape index (κ2) is 7.56. The van der Waals surface area contributed by atoms with Gasteiger partial charge in [-0.15, -0.1) is 21.5 Å². The molecule has 11 heteroatoms. The Hall–Kier alpha value is -2.79. The molecule has 0 unspecified atom stereocenters. The standard InChI is InChI=1S/C18H17FN4O4S2/c1-11-15(29(25,26)22-13-6-4-5-12(19)9-13)10-14(28-11)16-20-21-17(27-16)18(24)23-7-2-3-8-23/h4-6,9-10,22H,2-3,7-8H2,1H3. The monoisotopic (exact) mass is 436 g/mol. The molecule has 29 heavy (non-hydrogen) atoms. The number of anilines is 1. The topological polar surface area (TPSA) is 105 Å². The first-order valence-corrected chi connectivity index (χ1v) is 11.2. The number of aromatic nitrogens is 2. The molecule has 3 heterocycles. The van der Waals surface area contributed by atoms with E-state index in [9.17, 15) is 17.6 Å². The van der Waals surface area contributed by atoms with Crippen molar-refractivity contribution in [3.05, 3.63) is 46.9 Å². The predicted octanol–water partition coefficient (Wildman–Crippen LogP) is 3.28. The van der Waals surface area contributed by atoms with Crippen LogP contribution in [0.1, 0.15) is 28.4 Å². The van der Waals surface area contributed by atoms with Gasteiger partial charge < -0.3 is 9.32 Å². The minimum absolute atomic E-state index is 0.0207. The second-order valence-electron chi connectivity index (χ2n) is 6.56. The quantitative estimate of drug-likeness (QED) is 0.658. The Kier molecular flexibility index (Phi) is 5.09. The Labute approximate surface area is 170 Å². The fraction of sp³-hybridized carbons (Fsp3) is 0.278. The Bertz CT molecular complexity index is 1170. The lowest BCUT2D eigenvalue weighted by atomic mass is 10.3. The molecule has 152 valence electrons. The minimum Gasteiger partial charge on any atom is -0.411 e. The molecule has 1 amide bonds. The van der Waals surface area contributed by atoms with Crippen molar-refractivity contribution in [1.29, 1.82) is 0 Å². The van der Waals surface area contributed by atoms with Crippen molar-refractivity contribution in [1.82, 2.24) is 15.1 Å². The van der Waals surface area contributed by atoms with Crippen LogP contribution >= 0.6 is 11.3 Å². The van der Waals surface area contributed by atoms with Crippen molar-refractivity contribution >= 4 is 33.0 Å². The number of likely N-dealkylation sites (tertiary alicyclic amines) is 1. The van der Waals surface area contributed by atoms with Gasteiger partial charge in [0, 0.05) is 18.0 Å². The maximum atomic E-state index is 13.3. The largest absolute Gasteiger partial charge is 0.411 e. The lowest BCUT2D eigenvalue weighted by molar-refractivity contribution is 0.0754. The van der Waals surface area contributed by atoms with Crippen LogP contribution in [0.4, 0.5) is 10.1 Å². The maximum absolute atomic E-state index is 13.3. The van der Waals surface area contributed by atoms with Gasteiger partial charge in [-0.1, -0.05) is 6.07 Å². The zero-order valence-electron chi connectivity index (χ0n) is 15.4. The van der Waals surface area contributed by atoms with Crippen LogP contribution in [0.15, 0.2) is 39.6 Å². The summed E-state index contributed by atoms with van der Waals surface area (Å²) in [6, 6.07) is 6.59. The Morgan fingerprint density at radius 1 is 1.24 bits per heavy atom. The third kappa shape index (κ3) is 4.01. The first-order valence-electron chi connectivity index (χ1n) is 8.85. The van der Waals surface area contributed by atoms with E-state index < -0.39 is 15.8 Å². The van der Waals surface area contributed by atoms with Gasteiger partial charge in [0.15, 0.2) is 0 Å². The van der Waals surface area contributed by atoms with E-state index in [1.807, 2.05) is 0 Å². The van der Waals surface area contributed by atoms with Gasteiger partial charge in [-0.3, -0.25) is 9.52 Å². The highest BCUT2D eigenvalue weighted by Gasteiger charge is 2.27. The van der Waals surface area contributed by atoms with E-state index in [1.165, 1.54) is 24.3 Å². The van der Waals surface area contributed by atoms with E-state index in [4.69, 9.17) is 4.42 Å². The molecule has 2 aromatic heterocycles. The van der Waals surface area contributed by atoms with Gasteiger partial charge in [0.2, 0.25) is 0 Å². The number of sulfonamides is 1. The summed E-state index contributed by atoms with van der Waals surface area (Å²) >= 11 is 1.15. The number of halogens is 1. The molecule has 0 aliphatic carbocycles. The minimum atomic E-state index is -3.94. The molecule has 8 nitrogen and oxygen atoms in total. The molecule has 0 spiro atoms. The van der Waals surface area contributed by atoms with Crippen LogP contribution in [0.3, 0.4) is 0 Å². The third-order valence-electron chi connectivity index (χ3n) is 4.45. The summed E-state index contributed by atoms with van der Waals surface area (Å²) in [4.78, 5) is 14.9. The number of aryl methyl sites for hydroxylation is 1. The highest BCUT2D eigenvalue weighted by molar-refractivity contribution is 7.93. The number of nitrogens with one attached hydrogen (secondary N) is 1. The van der Waals surface area contributed by atoms with Crippen molar-refractivity contribution in [2.24, 2.45) is 0 Å².